The third kappa shape index (κ3) is 8.21. The second-order valence-corrected chi connectivity index (χ2v) is 16.7. The highest BCUT2D eigenvalue weighted by Crippen LogP contribution is 2.49. The van der Waals surface area contributed by atoms with Crippen molar-refractivity contribution in [2.24, 2.45) is 0 Å². The van der Waals surface area contributed by atoms with E-state index in [4.69, 9.17) is 18.1 Å². The molecular formula is C50H38F6N4O10. The van der Waals surface area contributed by atoms with E-state index in [0.29, 0.717) is 70.5 Å². The summed E-state index contributed by atoms with van der Waals surface area (Å²) >= 11 is 0. The van der Waals surface area contributed by atoms with Gasteiger partial charge in [-0.05, 0) is 61.8 Å². The summed E-state index contributed by atoms with van der Waals surface area (Å²) in [6.45, 7) is 2.66. The number of esters is 2. The average molecular weight is 969 g/mol. The highest BCUT2D eigenvalue weighted by Gasteiger charge is 2.45. The van der Waals surface area contributed by atoms with E-state index in [1.807, 2.05) is 0 Å². The maximum atomic E-state index is 14.1. The topological polar surface area (TPSA) is 197 Å². The summed E-state index contributed by atoms with van der Waals surface area (Å²) in [5, 5.41) is 36.7. The smallest absolute Gasteiger partial charge is 0.422 e. The third-order valence-electron chi connectivity index (χ3n) is 12.3. The maximum Gasteiger partial charge on any atom is 0.422 e. The number of aliphatic hydroxyl groups is 2. The second kappa shape index (κ2) is 17.6. The molecule has 8 aromatic rings. The van der Waals surface area contributed by atoms with Gasteiger partial charge in [0.15, 0.2) is 45.6 Å². The SMILES string of the molecule is COC(=O)[C@@](C)(O)c1ccc2c(c1)CCc1c-2noc1-c1noc(-c2ccccc2)c1C(F)(F)F.COC(=O)[C@](C)(O)c1ccc2c(c1)CCc1c-2noc1-c1noc(-c2ccccc2)c1C(F)(F)F. The molecular weight excluding hydrogens is 931 g/mol. The number of fused-ring (bicyclic) bond motifs is 6. The molecule has 0 radical (unpaired) electrons. The Kier molecular flexibility index (Phi) is 11.9. The molecule has 2 aliphatic rings. The molecule has 0 amide bonds. The van der Waals surface area contributed by atoms with Crippen molar-refractivity contribution in [3.63, 3.8) is 0 Å². The molecule has 360 valence electrons. The zero-order chi connectivity index (χ0) is 49.9. The van der Waals surface area contributed by atoms with Crippen LogP contribution in [0.4, 0.5) is 26.3 Å². The number of hydrogen-bond donors (Lipinski definition) is 2. The molecule has 0 fully saturated rings. The molecule has 14 nitrogen and oxygen atoms in total. The lowest BCUT2D eigenvalue weighted by Gasteiger charge is -2.23. The number of nitrogens with zero attached hydrogens (tertiary/aromatic N) is 4. The number of halogens is 6. The van der Waals surface area contributed by atoms with E-state index in [1.54, 1.807) is 72.8 Å². The van der Waals surface area contributed by atoms with Crippen LogP contribution in [0, 0.1) is 0 Å². The Morgan fingerprint density at radius 2 is 0.843 bits per heavy atom. The normalized spacial score (nSPS) is 14.7. The number of benzene rings is 4. The van der Waals surface area contributed by atoms with Crippen molar-refractivity contribution in [3.05, 3.63) is 142 Å². The number of methoxy groups -OCH3 is 2. The van der Waals surface area contributed by atoms with Crippen molar-refractivity contribution in [2.75, 3.05) is 14.2 Å². The molecule has 70 heavy (non-hydrogen) atoms. The van der Waals surface area contributed by atoms with E-state index < -0.39 is 69.5 Å². The highest BCUT2D eigenvalue weighted by atomic mass is 19.4. The van der Waals surface area contributed by atoms with E-state index in [9.17, 15) is 46.1 Å². The molecule has 2 N–H and O–H groups in total. The van der Waals surface area contributed by atoms with Gasteiger partial charge >= 0.3 is 24.3 Å². The summed E-state index contributed by atoms with van der Waals surface area (Å²) in [6, 6.07) is 25.5. The summed E-state index contributed by atoms with van der Waals surface area (Å²) < 4.78 is 115. The lowest BCUT2D eigenvalue weighted by atomic mass is 9.84. The third-order valence-corrected chi connectivity index (χ3v) is 12.3. The minimum Gasteiger partial charge on any atom is -0.467 e. The summed E-state index contributed by atoms with van der Waals surface area (Å²) in [5.41, 5.74) is -1.05. The first-order valence-electron chi connectivity index (χ1n) is 21.4. The summed E-state index contributed by atoms with van der Waals surface area (Å²) in [5.74, 6) is -2.62. The zero-order valence-corrected chi connectivity index (χ0v) is 37.3. The van der Waals surface area contributed by atoms with E-state index in [2.05, 4.69) is 30.1 Å². The Labute approximate surface area is 392 Å². The number of rotatable bonds is 8. The van der Waals surface area contributed by atoms with Gasteiger partial charge in [-0.15, -0.1) is 0 Å². The van der Waals surface area contributed by atoms with Crippen molar-refractivity contribution < 1.29 is 73.7 Å². The van der Waals surface area contributed by atoms with Crippen molar-refractivity contribution in [3.8, 4) is 68.1 Å². The number of alkyl halides is 6. The van der Waals surface area contributed by atoms with Gasteiger partial charge in [0.2, 0.25) is 0 Å². The molecule has 2 aliphatic carbocycles. The molecule has 0 aliphatic heterocycles. The number of carbonyl (C=O) groups excluding carboxylic acids is 2. The number of aryl methyl sites for hydroxylation is 2. The molecule has 0 saturated heterocycles. The van der Waals surface area contributed by atoms with Crippen molar-refractivity contribution in [1.82, 2.24) is 20.6 Å². The molecule has 20 heteroatoms. The van der Waals surface area contributed by atoms with Gasteiger partial charge in [0.25, 0.3) is 0 Å². The summed E-state index contributed by atoms with van der Waals surface area (Å²) in [4.78, 5) is 23.9. The van der Waals surface area contributed by atoms with Crippen LogP contribution in [0.3, 0.4) is 0 Å². The quantitative estimate of drug-likeness (QED) is 0.108. The molecule has 0 unspecified atom stereocenters. The van der Waals surface area contributed by atoms with Gasteiger partial charge in [-0.3, -0.25) is 0 Å². The van der Waals surface area contributed by atoms with Crippen LogP contribution in [-0.2, 0) is 68.3 Å². The molecule has 0 saturated carbocycles. The van der Waals surface area contributed by atoms with Gasteiger partial charge in [0.1, 0.15) is 22.5 Å². The molecule has 10 rings (SSSR count). The number of carbonyl (C=O) groups is 2. The zero-order valence-electron chi connectivity index (χ0n) is 37.3. The molecule has 2 atom stereocenters. The first-order valence-corrected chi connectivity index (χ1v) is 21.4. The first kappa shape index (κ1) is 47.2. The van der Waals surface area contributed by atoms with Crippen LogP contribution in [0.15, 0.2) is 115 Å². The van der Waals surface area contributed by atoms with Crippen LogP contribution >= 0.6 is 0 Å². The summed E-state index contributed by atoms with van der Waals surface area (Å²) in [7, 11) is 2.36. The molecule has 4 aromatic carbocycles. The van der Waals surface area contributed by atoms with Gasteiger partial charge in [0, 0.05) is 33.4 Å². The van der Waals surface area contributed by atoms with E-state index in [1.165, 1.54) is 52.3 Å². The van der Waals surface area contributed by atoms with Gasteiger partial charge in [-0.2, -0.15) is 26.3 Å². The largest absolute Gasteiger partial charge is 0.467 e. The fourth-order valence-corrected chi connectivity index (χ4v) is 8.69. The lowest BCUT2D eigenvalue weighted by Crippen LogP contribution is -2.33. The number of ether oxygens (including phenoxy) is 2. The van der Waals surface area contributed by atoms with Gasteiger partial charge in [0.05, 0.1) is 14.2 Å². The van der Waals surface area contributed by atoms with Crippen molar-refractivity contribution >= 4 is 11.9 Å². The van der Waals surface area contributed by atoms with Gasteiger partial charge in [-0.25, -0.2) is 9.59 Å². The summed E-state index contributed by atoms with van der Waals surface area (Å²) in [6.07, 6.45) is -8.02. The number of hydrogen-bond acceptors (Lipinski definition) is 14. The van der Waals surface area contributed by atoms with Crippen LogP contribution < -0.4 is 0 Å². The van der Waals surface area contributed by atoms with Gasteiger partial charge < -0.3 is 37.8 Å². The molecule has 0 spiro atoms. The van der Waals surface area contributed by atoms with Crippen LogP contribution in [0.5, 0.6) is 0 Å². The Morgan fingerprint density at radius 1 is 0.500 bits per heavy atom. The standard InChI is InChI=1S/2C25H19F3N2O5/c2*1-24(32,23(31)33-2)15-9-11-16-14(12-15)8-10-17-19(16)29-35-22(17)20-18(25(26,27)28)21(34-30-20)13-6-4-3-5-7-13/h2*3-7,9,11-12,32H,8,10H2,1-2H3/t2*24-/m10/s1. The molecule has 4 aromatic heterocycles. The first-order chi connectivity index (χ1) is 33.2. The van der Waals surface area contributed by atoms with Crippen LogP contribution in [0.25, 0.3) is 68.1 Å². The Balaban J connectivity index is 0.000000174. The monoisotopic (exact) mass is 968 g/mol. The molecule has 4 heterocycles. The predicted molar refractivity (Wildman–Crippen MR) is 234 cm³/mol. The van der Waals surface area contributed by atoms with Crippen LogP contribution in [0.1, 0.15) is 58.4 Å². The Hall–Kier alpha value is -7.84. The lowest BCUT2D eigenvalue weighted by molar-refractivity contribution is -0.162. The van der Waals surface area contributed by atoms with E-state index in [-0.39, 0.29) is 22.6 Å². The predicted octanol–water partition coefficient (Wildman–Crippen LogP) is 10.3. The van der Waals surface area contributed by atoms with E-state index in [0.717, 1.165) is 11.1 Å². The van der Waals surface area contributed by atoms with Crippen molar-refractivity contribution in [2.45, 2.75) is 63.1 Å². The minimum absolute atomic E-state index is 0.102. The van der Waals surface area contributed by atoms with Crippen LogP contribution in [0.2, 0.25) is 0 Å². The van der Waals surface area contributed by atoms with Crippen molar-refractivity contribution in [1.29, 1.82) is 0 Å². The maximum absolute atomic E-state index is 14.1. The molecule has 0 bridgehead atoms. The van der Waals surface area contributed by atoms with Crippen LogP contribution in [-0.4, -0.2) is 57.0 Å². The number of aromatic nitrogens is 4. The highest BCUT2D eigenvalue weighted by molar-refractivity contribution is 5.84. The second-order valence-electron chi connectivity index (χ2n) is 16.7. The Morgan fingerprint density at radius 3 is 1.19 bits per heavy atom. The van der Waals surface area contributed by atoms with E-state index >= 15 is 0 Å². The Bertz CT molecular complexity index is 3060. The average Bonchev–Trinajstić information content (AvgIpc) is 4.18. The fraction of sp³-hybridized carbons (Fsp3) is 0.240. The fourth-order valence-electron chi connectivity index (χ4n) is 8.69. The van der Waals surface area contributed by atoms with Gasteiger partial charge in [-0.1, -0.05) is 118 Å². The minimum atomic E-state index is -4.75.